The van der Waals surface area contributed by atoms with Gasteiger partial charge in [-0.2, -0.15) is 0 Å². The van der Waals surface area contributed by atoms with Crippen LogP contribution >= 0.6 is 0 Å². The zero-order chi connectivity index (χ0) is 12.7. The molecule has 0 atom stereocenters. The fourth-order valence-electron chi connectivity index (χ4n) is 2.90. The summed E-state index contributed by atoms with van der Waals surface area (Å²) in [7, 11) is 0. The molecule has 1 aliphatic heterocycles. The van der Waals surface area contributed by atoms with Crippen molar-refractivity contribution in [2.24, 2.45) is 0 Å². The van der Waals surface area contributed by atoms with Crippen molar-refractivity contribution >= 4 is 27.2 Å². The zero-order valence-electron chi connectivity index (χ0n) is 10.7. The van der Waals surface area contributed by atoms with Crippen molar-refractivity contribution in [3.05, 3.63) is 66.2 Å². The van der Waals surface area contributed by atoms with E-state index in [0.29, 0.717) is 0 Å². The summed E-state index contributed by atoms with van der Waals surface area (Å²) in [5.41, 5.74) is 2.60. The van der Waals surface area contributed by atoms with E-state index in [1.807, 2.05) is 0 Å². The van der Waals surface area contributed by atoms with E-state index in [9.17, 15) is 0 Å². The summed E-state index contributed by atoms with van der Waals surface area (Å²) >= 11 is 0. The molecule has 1 heteroatoms. The Balaban J connectivity index is 2.06. The van der Waals surface area contributed by atoms with E-state index < -0.39 is 0 Å². The van der Waals surface area contributed by atoms with Crippen molar-refractivity contribution in [1.29, 1.82) is 0 Å². The first kappa shape index (κ1) is 10.6. The van der Waals surface area contributed by atoms with E-state index in [0.717, 1.165) is 13.0 Å². The van der Waals surface area contributed by atoms with Gasteiger partial charge in [0.05, 0.1) is 0 Å². The average Bonchev–Trinajstić information content (AvgIpc) is 2.98. The molecule has 0 aliphatic carbocycles. The summed E-state index contributed by atoms with van der Waals surface area (Å²) in [4.78, 5) is 0. The molecule has 3 aromatic carbocycles. The van der Waals surface area contributed by atoms with Crippen molar-refractivity contribution in [2.75, 3.05) is 6.54 Å². The highest BCUT2D eigenvalue weighted by atomic mass is 14.9. The maximum atomic E-state index is 3.47. The lowest BCUT2D eigenvalue weighted by atomic mass is 9.98. The molecule has 0 spiro atoms. The first-order valence-corrected chi connectivity index (χ1v) is 6.78. The number of hydrogen-bond acceptors (Lipinski definition) is 1. The van der Waals surface area contributed by atoms with Gasteiger partial charge in [0, 0.05) is 17.8 Å². The third-order valence-corrected chi connectivity index (χ3v) is 3.85. The molecule has 1 heterocycles. The number of fused-ring (bicyclic) bond motifs is 2. The smallest absolute Gasteiger partial charge is 0.0380 e. The van der Waals surface area contributed by atoms with Crippen LogP contribution in [0, 0.1) is 0 Å². The van der Waals surface area contributed by atoms with Gasteiger partial charge in [0.15, 0.2) is 0 Å². The predicted molar refractivity (Wildman–Crippen MR) is 82.1 cm³/mol. The van der Waals surface area contributed by atoms with Gasteiger partial charge >= 0.3 is 0 Å². The van der Waals surface area contributed by atoms with Crippen molar-refractivity contribution in [2.45, 2.75) is 6.42 Å². The van der Waals surface area contributed by atoms with Crippen LogP contribution < -0.4 is 5.32 Å². The van der Waals surface area contributed by atoms with Gasteiger partial charge in [-0.25, -0.2) is 0 Å². The van der Waals surface area contributed by atoms with Crippen LogP contribution in [0.25, 0.3) is 27.2 Å². The molecule has 0 radical (unpaired) electrons. The third-order valence-electron chi connectivity index (χ3n) is 3.85. The van der Waals surface area contributed by atoms with Crippen LogP contribution in [0.4, 0.5) is 0 Å². The topological polar surface area (TPSA) is 12.0 Å². The van der Waals surface area contributed by atoms with Gasteiger partial charge in [-0.05, 0) is 40.1 Å². The molecule has 0 fully saturated rings. The third kappa shape index (κ3) is 1.70. The lowest BCUT2D eigenvalue weighted by molar-refractivity contribution is 0.929. The molecular weight excluding hydrogens is 230 g/mol. The monoisotopic (exact) mass is 245 g/mol. The van der Waals surface area contributed by atoms with Crippen molar-refractivity contribution in [3.8, 4) is 0 Å². The van der Waals surface area contributed by atoms with E-state index in [1.165, 1.54) is 32.8 Å². The van der Waals surface area contributed by atoms with Crippen molar-refractivity contribution in [3.63, 3.8) is 0 Å². The van der Waals surface area contributed by atoms with Crippen LogP contribution in [-0.2, 0) is 0 Å². The second-order valence-electron chi connectivity index (χ2n) is 5.06. The van der Waals surface area contributed by atoms with Crippen LogP contribution in [0.2, 0.25) is 0 Å². The summed E-state index contributed by atoms with van der Waals surface area (Å²) in [6, 6.07) is 19.7. The maximum Gasteiger partial charge on any atom is 0.0380 e. The summed E-state index contributed by atoms with van der Waals surface area (Å²) < 4.78 is 0. The molecule has 92 valence electrons. The lowest BCUT2D eigenvalue weighted by Crippen LogP contribution is -2.06. The summed E-state index contributed by atoms with van der Waals surface area (Å²) in [5.74, 6) is 0. The predicted octanol–water partition coefficient (Wildman–Crippen LogP) is 4.33. The fourth-order valence-corrected chi connectivity index (χ4v) is 2.90. The van der Waals surface area contributed by atoms with Crippen molar-refractivity contribution < 1.29 is 0 Å². The van der Waals surface area contributed by atoms with Crippen LogP contribution in [-0.4, -0.2) is 6.54 Å². The Bertz CT molecular complexity index is 799. The molecule has 0 aromatic heterocycles. The first-order chi connectivity index (χ1) is 9.42. The Morgan fingerprint density at radius 3 is 2.37 bits per heavy atom. The average molecular weight is 245 g/mol. The molecular formula is C18H15N. The van der Waals surface area contributed by atoms with Gasteiger partial charge in [0.25, 0.3) is 0 Å². The minimum absolute atomic E-state index is 1.05. The number of benzene rings is 3. The van der Waals surface area contributed by atoms with Crippen LogP contribution in [0.5, 0.6) is 0 Å². The Morgan fingerprint density at radius 2 is 1.58 bits per heavy atom. The van der Waals surface area contributed by atoms with E-state index in [2.05, 4.69) is 66.0 Å². The second-order valence-corrected chi connectivity index (χ2v) is 5.06. The maximum absolute atomic E-state index is 3.47. The molecule has 0 saturated heterocycles. The fraction of sp³-hybridized carbons (Fsp3) is 0.111. The summed E-state index contributed by atoms with van der Waals surface area (Å²) in [6.45, 7) is 1.05. The zero-order valence-corrected chi connectivity index (χ0v) is 10.7. The van der Waals surface area contributed by atoms with E-state index >= 15 is 0 Å². The van der Waals surface area contributed by atoms with Gasteiger partial charge in [-0.3, -0.25) is 0 Å². The number of hydrogen-bond donors (Lipinski definition) is 1. The van der Waals surface area contributed by atoms with E-state index in [1.54, 1.807) is 0 Å². The Labute approximate surface area is 112 Å². The molecule has 1 aliphatic rings. The van der Waals surface area contributed by atoms with Crippen molar-refractivity contribution in [1.82, 2.24) is 5.32 Å². The molecule has 0 bridgehead atoms. The van der Waals surface area contributed by atoms with Crippen LogP contribution in [0.3, 0.4) is 0 Å². The van der Waals surface area contributed by atoms with Crippen LogP contribution in [0.1, 0.15) is 12.0 Å². The standard InChI is InChI=1S/C18H15N/c1-2-6-14-12-17-15(11-13(14)5-1)7-3-8-16(17)18-9-4-10-19-18/h1-3,5-9,11-12,19H,4,10H2. The summed E-state index contributed by atoms with van der Waals surface area (Å²) in [6.07, 6.45) is 3.42. The highest BCUT2D eigenvalue weighted by Crippen LogP contribution is 2.29. The second kappa shape index (κ2) is 4.13. The van der Waals surface area contributed by atoms with Gasteiger partial charge in [0.2, 0.25) is 0 Å². The number of rotatable bonds is 1. The Hall–Kier alpha value is -2.28. The van der Waals surface area contributed by atoms with Gasteiger partial charge in [-0.15, -0.1) is 0 Å². The summed E-state index contributed by atoms with van der Waals surface area (Å²) in [5, 5.41) is 8.73. The van der Waals surface area contributed by atoms with Gasteiger partial charge in [-0.1, -0.05) is 48.5 Å². The molecule has 4 rings (SSSR count). The molecule has 1 N–H and O–H groups in total. The number of nitrogens with one attached hydrogen (secondary N) is 1. The minimum Gasteiger partial charge on any atom is -0.384 e. The quantitative estimate of drug-likeness (QED) is 0.629. The normalized spacial score (nSPS) is 14.6. The molecule has 0 unspecified atom stereocenters. The molecule has 0 amide bonds. The lowest BCUT2D eigenvalue weighted by Gasteiger charge is -2.10. The SMILES string of the molecule is C1=C(c2cccc3cc4ccccc4cc23)NCC1. The molecule has 1 nitrogen and oxygen atoms in total. The Morgan fingerprint density at radius 1 is 0.789 bits per heavy atom. The van der Waals surface area contributed by atoms with Gasteiger partial charge < -0.3 is 5.32 Å². The highest BCUT2D eigenvalue weighted by molar-refractivity contribution is 6.03. The molecule has 19 heavy (non-hydrogen) atoms. The van der Waals surface area contributed by atoms with Gasteiger partial charge in [0.1, 0.15) is 0 Å². The largest absolute Gasteiger partial charge is 0.384 e. The highest BCUT2D eigenvalue weighted by Gasteiger charge is 2.10. The van der Waals surface area contributed by atoms with E-state index in [4.69, 9.17) is 0 Å². The molecule has 0 saturated carbocycles. The first-order valence-electron chi connectivity index (χ1n) is 6.78. The van der Waals surface area contributed by atoms with E-state index in [-0.39, 0.29) is 0 Å². The van der Waals surface area contributed by atoms with Crippen LogP contribution in [0.15, 0.2) is 60.7 Å². The molecule has 3 aromatic rings. The Kier molecular flexibility index (Phi) is 2.31. The minimum atomic E-state index is 1.05.